The van der Waals surface area contributed by atoms with Crippen LogP contribution >= 0.6 is 34.8 Å². The molecule has 1 N–H and O–H groups in total. The molecule has 0 aliphatic carbocycles. The number of nitrogens with one attached hydrogen (secondary N) is 1. The fourth-order valence-electron chi connectivity index (χ4n) is 2.83. The van der Waals surface area contributed by atoms with Crippen molar-refractivity contribution < 1.29 is 14.3 Å². The monoisotopic (exact) mass is 545 g/mol. The lowest BCUT2D eigenvalue weighted by atomic mass is 10.2. The molecule has 36 heavy (non-hydrogen) atoms. The number of nitrogens with zero attached hydrogens (tertiary/aromatic N) is 4. The highest BCUT2D eigenvalue weighted by Crippen LogP contribution is 2.41. The molecule has 0 saturated heterocycles. The number of amides is 2. The van der Waals surface area contributed by atoms with Crippen molar-refractivity contribution in [2.24, 2.45) is 5.10 Å². The molecule has 2 amide bonds. The smallest absolute Gasteiger partial charge is 0.244 e. The van der Waals surface area contributed by atoms with Crippen LogP contribution in [0.4, 0.5) is 17.1 Å². The van der Waals surface area contributed by atoms with Crippen molar-refractivity contribution in [2.45, 2.75) is 6.92 Å². The number of hydrazone groups is 1. The quantitative estimate of drug-likeness (QED) is 0.0712. The van der Waals surface area contributed by atoms with Gasteiger partial charge in [-0.1, -0.05) is 65.1 Å². The first kappa shape index (κ1) is 28.6. The summed E-state index contributed by atoms with van der Waals surface area (Å²) < 4.78 is 4.44. The number of carbonyl (C=O) groups excluding carboxylic acids is 2. The predicted molar refractivity (Wildman–Crippen MR) is 144 cm³/mol. The van der Waals surface area contributed by atoms with E-state index in [1.807, 2.05) is 30.3 Å². The maximum absolute atomic E-state index is 12.2. The van der Waals surface area contributed by atoms with Crippen molar-refractivity contribution in [3.8, 4) is 6.19 Å². The third kappa shape index (κ3) is 8.26. The summed E-state index contributed by atoms with van der Waals surface area (Å²) in [6.07, 6.45) is 4.21. The molecule has 0 fully saturated rings. The molecule has 8 nitrogen and oxygen atoms in total. The van der Waals surface area contributed by atoms with Crippen molar-refractivity contribution in [3.05, 3.63) is 87.4 Å². The SMILES string of the molecule is CC(=O)N(/N=C/c1ccccc1)c1cc(Cl)c(N(C#N)c2ccc(Cl)cc2)c(Cl)c1.COCNC=O. The first-order chi connectivity index (χ1) is 17.3. The minimum absolute atomic E-state index is 0.190. The number of halogens is 3. The second-order valence-electron chi connectivity index (χ2n) is 6.91. The Hall–Kier alpha value is -3.61. The zero-order valence-electron chi connectivity index (χ0n) is 19.4. The van der Waals surface area contributed by atoms with Gasteiger partial charge in [-0.05, 0) is 42.0 Å². The average molecular weight is 547 g/mol. The highest BCUT2D eigenvalue weighted by atomic mass is 35.5. The van der Waals surface area contributed by atoms with Crippen molar-refractivity contribution in [1.29, 1.82) is 5.26 Å². The number of hydrogen-bond donors (Lipinski definition) is 1. The molecule has 0 saturated carbocycles. The summed E-state index contributed by atoms with van der Waals surface area (Å²) in [4.78, 5) is 22.8. The maximum Gasteiger partial charge on any atom is 0.244 e. The highest BCUT2D eigenvalue weighted by molar-refractivity contribution is 6.40. The first-order valence-electron chi connectivity index (χ1n) is 10.3. The average Bonchev–Trinajstić information content (AvgIpc) is 2.86. The number of anilines is 3. The van der Waals surface area contributed by atoms with Gasteiger partial charge in [0.2, 0.25) is 12.3 Å². The third-order valence-corrected chi connectivity index (χ3v) is 5.21. The molecule has 0 aliphatic heterocycles. The standard InChI is InChI=1S/C22H15Cl3N4O.C3H7NO2/c1-15(30)29(27-13-16-5-3-2-4-6-16)19-11-20(24)22(21(25)12-19)28(14-26)18-9-7-17(23)8-10-18;1-6-3-4-2-5/h2-13H,1H3;2H,3H2,1H3,(H,4,5)/b27-13+;. The molecule has 0 atom stereocenters. The number of methoxy groups -OCH3 is 1. The van der Waals surface area contributed by atoms with Crippen molar-refractivity contribution in [2.75, 3.05) is 23.7 Å². The Labute approximate surface area is 224 Å². The zero-order valence-corrected chi connectivity index (χ0v) is 21.6. The molecule has 0 radical (unpaired) electrons. The lowest BCUT2D eigenvalue weighted by molar-refractivity contribution is -0.116. The van der Waals surface area contributed by atoms with Gasteiger partial charge in [0.25, 0.3) is 0 Å². The Morgan fingerprint density at radius 1 is 1.06 bits per heavy atom. The molecule has 0 aromatic heterocycles. The minimum Gasteiger partial charge on any atom is -0.365 e. The summed E-state index contributed by atoms with van der Waals surface area (Å²) in [7, 11) is 1.51. The minimum atomic E-state index is -0.322. The van der Waals surface area contributed by atoms with Crippen molar-refractivity contribution in [3.63, 3.8) is 0 Å². The molecular weight excluding hydrogens is 525 g/mol. The molecule has 0 spiro atoms. The van der Waals surface area contributed by atoms with Crippen molar-refractivity contribution >= 4 is 70.4 Å². The molecule has 0 unspecified atom stereocenters. The molecule has 11 heteroatoms. The Kier molecular flexibility index (Phi) is 11.7. The summed E-state index contributed by atoms with van der Waals surface area (Å²) in [6.45, 7) is 1.68. The summed E-state index contributed by atoms with van der Waals surface area (Å²) in [5, 5.41) is 18.3. The normalized spacial score (nSPS) is 10.1. The second-order valence-corrected chi connectivity index (χ2v) is 8.16. The van der Waals surface area contributed by atoms with Crippen molar-refractivity contribution in [1.82, 2.24) is 5.32 Å². The first-order valence-corrected chi connectivity index (χ1v) is 11.5. The molecule has 3 rings (SSSR count). The molecule has 0 heterocycles. The van der Waals surface area contributed by atoms with Crippen LogP contribution in [-0.2, 0) is 14.3 Å². The Morgan fingerprint density at radius 3 is 2.14 bits per heavy atom. The fraction of sp³-hybridized carbons (Fsp3) is 0.120. The summed E-state index contributed by atoms with van der Waals surface area (Å²) in [5.41, 5.74) is 2.05. The second kappa shape index (κ2) is 14.7. The third-order valence-electron chi connectivity index (χ3n) is 4.39. The van der Waals surface area contributed by atoms with Crippen LogP contribution in [0.15, 0.2) is 71.8 Å². The summed E-state index contributed by atoms with van der Waals surface area (Å²) in [6, 6.07) is 19.1. The predicted octanol–water partition coefficient (Wildman–Crippen LogP) is 5.99. The van der Waals surface area contributed by atoms with Crippen LogP contribution in [0.25, 0.3) is 0 Å². The van der Waals surface area contributed by atoms with Crippen LogP contribution in [-0.4, -0.2) is 32.4 Å². The van der Waals surface area contributed by atoms with E-state index in [2.05, 4.69) is 21.3 Å². The number of nitriles is 1. The van der Waals surface area contributed by atoms with Crippen LogP contribution in [0.2, 0.25) is 15.1 Å². The van der Waals surface area contributed by atoms with E-state index in [1.54, 1.807) is 30.5 Å². The summed E-state index contributed by atoms with van der Waals surface area (Å²) in [5.74, 6) is -0.322. The molecular formula is C25H22Cl3N5O3. The lowest BCUT2D eigenvalue weighted by Crippen LogP contribution is -2.22. The highest BCUT2D eigenvalue weighted by Gasteiger charge is 2.20. The van der Waals surface area contributed by atoms with Gasteiger partial charge in [0, 0.05) is 19.1 Å². The Balaban J connectivity index is 0.000000678. The topological polar surface area (TPSA) is 98.0 Å². The van der Waals surface area contributed by atoms with E-state index in [9.17, 15) is 14.9 Å². The molecule has 3 aromatic rings. The Bertz CT molecular complexity index is 1210. The number of hydrogen-bond acceptors (Lipinski definition) is 6. The number of rotatable bonds is 8. The largest absolute Gasteiger partial charge is 0.365 e. The van der Waals surface area contributed by atoms with Gasteiger partial charge in [-0.25, -0.2) is 9.91 Å². The van der Waals surface area contributed by atoms with Gasteiger partial charge in [-0.15, -0.1) is 0 Å². The van der Waals surface area contributed by atoms with Gasteiger partial charge >= 0.3 is 0 Å². The fourth-order valence-corrected chi connectivity index (χ4v) is 3.60. The lowest BCUT2D eigenvalue weighted by Gasteiger charge is -2.21. The molecule has 0 bridgehead atoms. The van der Waals surface area contributed by atoms with Crippen LogP contribution in [0.3, 0.4) is 0 Å². The number of carbonyl (C=O) groups is 2. The van der Waals surface area contributed by atoms with E-state index in [-0.39, 0.29) is 16.0 Å². The van der Waals surface area contributed by atoms with E-state index in [4.69, 9.17) is 34.8 Å². The molecule has 3 aromatic carbocycles. The van der Waals surface area contributed by atoms with E-state index < -0.39 is 0 Å². The van der Waals surface area contributed by atoms with Crippen LogP contribution in [0.1, 0.15) is 12.5 Å². The van der Waals surface area contributed by atoms with Gasteiger partial charge in [0.15, 0.2) is 6.19 Å². The van der Waals surface area contributed by atoms with Gasteiger partial charge < -0.3 is 10.1 Å². The van der Waals surface area contributed by atoms with Crippen LogP contribution in [0, 0.1) is 11.5 Å². The van der Waals surface area contributed by atoms with Gasteiger partial charge in [-0.2, -0.15) is 10.4 Å². The zero-order chi connectivity index (χ0) is 26.5. The van der Waals surface area contributed by atoms with E-state index in [0.717, 1.165) is 5.56 Å². The van der Waals surface area contributed by atoms with Crippen LogP contribution < -0.4 is 15.2 Å². The van der Waals surface area contributed by atoms with Gasteiger partial charge in [0.1, 0.15) is 6.73 Å². The van der Waals surface area contributed by atoms with E-state index in [0.29, 0.717) is 35.2 Å². The van der Waals surface area contributed by atoms with Crippen LogP contribution in [0.5, 0.6) is 0 Å². The summed E-state index contributed by atoms with van der Waals surface area (Å²) >= 11 is 18.8. The number of ether oxygens (including phenoxy) is 1. The molecule has 186 valence electrons. The molecule has 0 aliphatic rings. The maximum atomic E-state index is 12.2. The van der Waals surface area contributed by atoms with E-state index in [1.165, 1.54) is 36.1 Å². The van der Waals surface area contributed by atoms with Gasteiger partial charge in [-0.3, -0.25) is 9.59 Å². The number of benzene rings is 3. The van der Waals surface area contributed by atoms with E-state index >= 15 is 0 Å². The Morgan fingerprint density at radius 2 is 1.67 bits per heavy atom. The van der Waals surface area contributed by atoms with Gasteiger partial charge in [0.05, 0.1) is 33.3 Å².